The van der Waals surface area contributed by atoms with E-state index in [-0.39, 0.29) is 5.92 Å². The molecule has 44 valence electrons. The first-order valence-corrected chi connectivity index (χ1v) is 3.43. The van der Waals surface area contributed by atoms with Crippen molar-refractivity contribution in [1.29, 1.82) is 0 Å². The van der Waals surface area contributed by atoms with Crippen molar-refractivity contribution in [3.8, 4) is 12.3 Å². The van der Waals surface area contributed by atoms with Crippen molar-refractivity contribution in [2.24, 2.45) is 5.92 Å². The van der Waals surface area contributed by atoms with E-state index in [0.29, 0.717) is 17.4 Å². The lowest BCUT2D eigenvalue weighted by Crippen LogP contribution is -1.92. The third kappa shape index (κ3) is 3.76. The Balaban J connectivity index is 3.14. The van der Waals surface area contributed by atoms with Gasteiger partial charge in [-0.1, -0.05) is 6.92 Å². The lowest BCUT2D eigenvalue weighted by molar-refractivity contribution is 0.600. The Kier molecular flexibility index (Phi) is 4.48. The molecule has 0 N–H and O–H groups in total. The summed E-state index contributed by atoms with van der Waals surface area (Å²) in [5.74, 6) is 3.44. The summed E-state index contributed by atoms with van der Waals surface area (Å²) < 4.78 is 9.80. The summed E-state index contributed by atoms with van der Waals surface area (Å²) in [6.45, 7) is 1.94. The highest BCUT2D eigenvalue weighted by Gasteiger charge is 2.02. The van der Waals surface area contributed by atoms with Gasteiger partial charge in [-0.3, -0.25) is 0 Å². The Morgan fingerprint density at radius 1 is 1.88 bits per heavy atom. The van der Waals surface area contributed by atoms with E-state index < -0.39 is 0 Å². The van der Waals surface area contributed by atoms with Crippen LogP contribution in [-0.4, -0.2) is 5.75 Å². The Labute approximate surface area is 54.0 Å². The predicted octanol–water partition coefficient (Wildman–Crippen LogP) is 1.07. The first kappa shape index (κ1) is 7.58. The summed E-state index contributed by atoms with van der Waals surface area (Å²) in [6, 6.07) is 0. The van der Waals surface area contributed by atoms with Crippen molar-refractivity contribution in [2.75, 3.05) is 5.75 Å². The molecule has 0 aromatic heterocycles. The first-order chi connectivity index (χ1) is 3.81. The molecular formula is C6H9OS+. The molecule has 1 nitrogen and oxygen atoms in total. The summed E-state index contributed by atoms with van der Waals surface area (Å²) in [4.78, 5) is 0. The largest absolute Gasteiger partial charge is 0.458 e. The van der Waals surface area contributed by atoms with Gasteiger partial charge in [0.1, 0.15) is 0 Å². The quantitative estimate of drug-likeness (QED) is 0.411. The van der Waals surface area contributed by atoms with Crippen LogP contribution in [0.3, 0.4) is 0 Å². The van der Waals surface area contributed by atoms with Gasteiger partial charge in [-0.05, 0) is 0 Å². The third-order valence-corrected chi connectivity index (χ3v) is 1.32. The van der Waals surface area contributed by atoms with Gasteiger partial charge >= 0.3 is 11.7 Å². The van der Waals surface area contributed by atoms with E-state index in [9.17, 15) is 4.21 Å². The van der Waals surface area contributed by atoms with Crippen LogP contribution in [0.2, 0.25) is 0 Å². The fourth-order valence-corrected chi connectivity index (χ4v) is 0.758. The average Bonchev–Trinajstić information content (AvgIpc) is 1.83. The summed E-state index contributed by atoms with van der Waals surface area (Å²) in [5.41, 5.74) is 0. The Bertz CT molecular complexity index is 104. The molecule has 0 saturated carbocycles. The van der Waals surface area contributed by atoms with Gasteiger partial charge in [0, 0.05) is 16.5 Å². The molecule has 1 unspecified atom stereocenters. The molecule has 0 aromatic carbocycles. The van der Waals surface area contributed by atoms with Crippen LogP contribution in [0.15, 0.2) is 0 Å². The molecule has 0 fully saturated rings. The second kappa shape index (κ2) is 4.73. The molecule has 0 radical (unpaired) electrons. The maximum absolute atomic E-state index is 9.80. The van der Waals surface area contributed by atoms with Crippen LogP contribution in [0.4, 0.5) is 0 Å². The van der Waals surface area contributed by atoms with Crippen LogP contribution in [0.1, 0.15) is 13.3 Å². The van der Waals surface area contributed by atoms with E-state index in [1.54, 1.807) is 0 Å². The Morgan fingerprint density at radius 2 is 2.50 bits per heavy atom. The van der Waals surface area contributed by atoms with Crippen LogP contribution < -0.4 is 0 Å². The summed E-state index contributed by atoms with van der Waals surface area (Å²) in [6.07, 6.45) is 5.89. The highest BCUT2D eigenvalue weighted by molar-refractivity contribution is 7.65. The van der Waals surface area contributed by atoms with Gasteiger partial charge in [-0.25, -0.2) is 0 Å². The minimum absolute atomic E-state index is 0.261. The molecule has 0 heterocycles. The lowest BCUT2D eigenvalue weighted by Gasteiger charge is -1.90. The smallest absolute Gasteiger partial charge is 0.120 e. The monoisotopic (exact) mass is 129 g/mol. The molecular weight excluding hydrogens is 120 g/mol. The summed E-state index contributed by atoms with van der Waals surface area (Å²) in [7, 11) is 0. The van der Waals surface area contributed by atoms with Crippen LogP contribution in [-0.2, 0) is 15.9 Å². The summed E-state index contributed by atoms with van der Waals surface area (Å²) >= 11 is 0.600. The second-order valence-electron chi connectivity index (χ2n) is 1.68. The first-order valence-electron chi connectivity index (χ1n) is 2.52. The van der Waals surface area contributed by atoms with Gasteiger partial charge in [0.2, 0.25) is 5.75 Å². The molecule has 1 atom stereocenters. The Morgan fingerprint density at radius 3 is 2.88 bits per heavy atom. The standard InChI is InChI=1S/C6H9OS/c1-3-6(2)4-5-8-7/h1,6H,4-5H2,2H3/q+1. The SMILES string of the molecule is C#CC(C)CC[S+]=O. The highest BCUT2D eigenvalue weighted by atomic mass is 32.1. The maximum atomic E-state index is 9.80. The molecule has 0 bridgehead atoms. The van der Waals surface area contributed by atoms with Crippen LogP contribution in [0.25, 0.3) is 0 Å². The molecule has 0 rings (SSSR count). The maximum Gasteiger partial charge on any atom is 0.458 e. The van der Waals surface area contributed by atoms with Crippen molar-refractivity contribution in [2.45, 2.75) is 13.3 Å². The number of rotatable bonds is 3. The molecule has 0 saturated heterocycles. The molecule has 8 heavy (non-hydrogen) atoms. The molecule has 0 amide bonds. The molecule has 2 heteroatoms. The molecule has 0 aliphatic rings. The predicted molar refractivity (Wildman–Crippen MR) is 35.5 cm³/mol. The topological polar surface area (TPSA) is 17.1 Å². The van der Waals surface area contributed by atoms with Crippen LogP contribution in [0.5, 0.6) is 0 Å². The van der Waals surface area contributed by atoms with Gasteiger partial charge in [0.05, 0.1) is 0 Å². The fraction of sp³-hybridized carbons (Fsp3) is 0.667. The van der Waals surface area contributed by atoms with E-state index >= 15 is 0 Å². The molecule has 0 aromatic rings. The van der Waals surface area contributed by atoms with Crippen LogP contribution >= 0.6 is 0 Å². The summed E-state index contributed by atoms with van der Waals surface area (Å²) in [5, 5.41) is 0. The van der Waals surface area contributed by atoms with Crippen LogP contribution in [0, 0.1) is 18.3 Å². The van der Waals surface area contributed by atoms with Crippen molar-refractivity contribution in [1.82, 2.24) is 0 Å². The average molecular weight is 129 g/mol. The van der Waals surface area contributed by atoms with Gasteiger partial charge in [0.25, 0.3) is 0 Å². The van der Waals surface area contributed by atoms with Gasteiger partial charge < -0.3 is 0 Å². The highest BCUT2D eigenvalue weighted by Crippen LogP contribution is 1.96. The normalized spacial score (nSPS) is 12.0. The number of hydrogen-bond acceptors (Lipinski definition) is 1. The Hall–Kier alpha value is -0.420. The zero-order chi connectivity index (χ0) is 6.41. The van der Waals surface area contributed by atoms with Crippen molar-refractivity contribution < 1.29 is 4.21 Å². The van der Waals surface area contributed by atoms with E-state index in [1.807, 2.05) is 6.92 Å². The number of hydrogen-bond donors (Lipinski definition) is 0. The van der Waals surface area contributed by atoms with Gasteiger partial charge in [-0.2, -0.15) is 0 Å². The third-order valence-electron chi connectivity index (χ3n) is 0.919. The van der Waals surface area contributed by atoms with Crippen molar-refractivity contribution in [3.63, 3.8) is 0 Å². The van der Waals surface area contributed by atoms with Crippen molar-refractivity contribution in [3.05, 3.63) is 0 Å². The zero-order valence-corrected chi connectivity index (χ0v) is 5.70. The molecule has 0 spiro atoms. The lowest BCUT2D eigenvalue weighted by atomic mass is 10.1. The minimum atomic E-state index is 0.261. The van der Waals surface area contributed by atoms with Gasteiger partial charge in [-0.15, -0.1) is 12.3 Å². The van der Waals surface area contributed by atoms with Gasteiger partial charge in [0.15, 0.2) is 0 Å². The zero-order valence-electron chi connectivity index (χ0n) is 4.89. The van der Waals surface area contributed by atoms with E-state index in [1.165, 1.54) is 0 Å². The fourth-order valence-electron chi connectivity index (χ4n) is 0.308. The van der Waals surface area contributed by atoms with E-state index in [4.69, 9.17) is 6.42 Å². The number of terminal acetylenes is 1. The second-order valence-corrected chi connectivity index (χ2v) is 2.32. The van der Waals surface area contributed by atoms with Crippen molar-refractivity contribution >= 4 is 11.7 Å². The minimum Gasteiger partial charge on any atom is -0.120 e. The molecule has 0 aliphatic carbocycles. The van der Waals surface area contributed by atoms with E-state index in [0.717, 1.165) is 6.42 Å². The molecule has 0 aliphatic heterocycles. The van der Waals surface area contributed by atoms with E-state index in [2.05, 4.69) is 5.92 Å².